The summed E-state index contributed by atoms with van der Waals surface area (Å²) in [6.45, 7) is 4.07. The maximum Gasteiger partial charge on any atom is 0.411 e. The van der Waals surface area contributed by atoms with Crippen molar-refractivity contribution in [3.05, 3.63) is 0 Å². The molecule has 0 bridgehead atoms. The van der Waals surface area contributed by atoms with Crippen LogP contribution >= 0.6 is 0 Å². The monoisotopic (exact) mass is 217 g/mol. The summed E-state index contributed by atoms with van der Waals surface area (Å²) in [7, 11) is 4.48. The van der Waals surface area contributed by atoms with Gasteiger partial charge in [0, 0.05) is 20.6 Å². The lowest BCUT2D eigenvalue weighted by molar-refractivity contribution is 0.0717. The molecule has 1 atom stereocenters. The first-order valence-corrected chi connectivity index (χ1v) is 4.78. The van der Waals surface area contributed by atoms with Gasteiger partial charge >= 0.3 is 12.1 Å². The van der Waals surface area contributed by atoms with Crippen molar-refractivity contribution < 1.29 is 14.3 Å². The number of carbonyl (C=O) groups excluding carboxylic acids is 2. The molecule has 0 aliphatic heterocycles. The lowest BCUT2D eigenvalue weighted by Crippen LogP contribution is -2.51. The highest BCUT2D eigenvalue weighted by atomic mass is 16.5. The Bertz CT molecular complexity index is 233. The van der Waals surface area contributed by atoms with Crippen LogP contribution in [0, 0.1) is 0 Å². The molecule has 0 rings (SSSR count). The molecule has 1 unspecified atom stereocenters. The van der Waals surface area contributed by atoms with Gasteiger partial charge in [-0.3, -0.25) is 4.90 Å². The van der Waals surface area contributed by atoms with Crippen molar-refractivity contribution in [2.75, 3.05) is 27.7 Å². The average Bonchev–Trinajstić information content (AvgIpc) is 2.27. The van der Waals surface area contributed by atoms with Crippen LogP contribution in [-0.4, -0.2) is 55.8 Å². The minimum absolute atomic E-state index is 0.246. The van der Waals surface area contributed by atoms with E-state index in [2.05, 4.69) is 10.1 Å². The molecule has 0 aromatic carbocycles. The first-order chi connectivity index (χ1) is 6.99. The van der Waals surface area contributed by atoms with Crippen LogP contribution in [0.2, 0.25) is 0 Å². The zero-order chi connectivity index (χ0) is 12.0. The third-order valence-corrected chi connectivity index (χ3v) is 2.30. The number of methoxy groups -OCH3 is 1. The summed E-state index contributed by atoms with van der Waals surface area (Å²) in [5.41, 5.74) is 0. The van der Waals surface area contributed by atoms with E-state index in [0.29, 0.717) is 6.54 Å². The standard InChI is InChI=1S/C9H19N3O3/c1-6-12(9(14)15-5)7(2)11(4)8(13)10-3/h7H,6H2,1-5H3,(H,10,13). The van der Waals surface area contributed by atoms with Crippen molar-refractivity contribution in [3.63, 3.8) is 0 Å². The zero-order valence-corrected chi connectivity index (χ0v) is 9.90. The first-order valence-electron chi connectivity index (χ1n) is 4.78. The Balaban J connectivity index is 4.57. The van der Waals surface area contributed by atoms with Crippen LogP contribution in [0.3, 0.4) is 0 Å². The van der Waals surface area contributed by atoms with Gasteiger partial charge < -0.3 is 15.0 Å². The molecule has 6 nitrogen and oxygen atoms in total. The summed E-state index contributed by atoms with van der Waals surface area (Å²) in [4.78, 5) is 25.6. The van der Waals surface area contributed by atoms with E-state index in [1.54, 1.807) is 21.0 Å². The molecule has 0 spiro atoms. The minimum atomic E-state index is -0.444. The summed E-state index contributed by atoms with van der Waals surface area (Å²) < 4.78 is 4.62. The summed E-state index contributed by atoms with van der Waals surface area (Å²) in [6.07, 6.45) is -0.789. The van der Waals surface area contributed by atoms with E-state index < -0.39 is 6.09 Å². The summed E-state index contributed by atoms with van der Waals surface area (Å²) in [5, 5.41) is 2.49. The number of carbonyl (C=O) groups is 2. The Morgan fingerprint density at radius 1 is 1.47 bits per heavy atom. The summed E-state index contributed by atoms with van der Waals surface area (Å²) in [6, 6.07) is -0.246. The van der Waals surface area contributed by atoms with Crippen molar-refractivity contribution in [1.29, 1.82) is 0 Å². The van der Waals surface area contributed by atoms with Gasteiger partial charge in [0.1, 0.15) is 6.17 Å². The lowest BCUT2D eigenvalue weighted by atomic mass is 10.4. The van der Waals surface area contributed by atoms with Crippen molar-refractivity contribution in [2.45, 2.75) is 20.0 Å². The van der Waals surface area contributed by atoms with Gasteiger partial charge in [0.2, 0.25) is 0 Å². The average molecular weight is 217 g/mol. The van der Waals surface area contributed by atoms with E-state index in [0.717, 1.165) is 0 Å². The Morgan fingerprint density at radius 2 is 2.00 bits per heavy atom. The highest BCUT2D eigenvalue weighted by molar-refractivity contribution is 5.75. The Labute approximate surface area is 90.2 Å². The molecule has 0 saturated heterocycles. The van der Waals surface area contributed by atoms with Gasteiger partial charge in [-0.2, -0.15) is 0 Å². The van der Waals surface area contributed by atoms with Crippen LogP contribution < -0.4 is 5.32 Å². The molecular weight excluding hydrogens is 198 g/mol. The number of ether oxygens (including phenoxy) is 1. The van der Waals surface area contributed by atoms with E-state index in [1.165, 1.54) is 16.9 Å². The minimum Gasteiger partial charge on any atom is -0.453 e. The quantitative estimate of drug-likeness (QED) is 0.707. The van der Waals surface area contributed by atoms with Gasteiger partial charge in [-0.15, -0.1) is 0 Å². The third-order valence-electron chi connectivity index (χ3n) is 2.30. The number of urea groups is 1. The van der Waals surface area contributed by atoms with Crippen molar-refractivity contribution in [1.82, 2.24) is 15.1 Å². The second-order valence-electron chi connectivity index (χ2n) is 3.05. The number of nitrogens with zero attached hydrogens (tertiary/aromatic N) is 2. The van der Waals surface area contributed by atoms with E-state index in [-0.39, 0.29) is 12.2 Å². The second-order valence-corrected chi connectivity index (χ2v) is 3.05. The fourth-order valence-electron chi connectivity index (χ4n) is 1.22. The normalized spacial score (nSPS) is 11.5. The molecule has 0 heterocycles. The Kier molecular flexibility index (Phi) is 5.51. The molecule has 0 aromatic rings. The van der Waals surface area contributed by atoms with E-state index in [9.17, 15) is 9.59 Å². The first kappa shape index (κ1) is 13.5. The highest BCUT2D eigenvalue weighted by Gasteiger charge is 2.24. The fraction of sp³-hybridized carbons (Fsp3) is 0.778. The van der Waals surface area contributed by atoms with Gasteiger partial charge in [0.15, 0.2) is 0 Å². The number of amides is 3. The van der Waals surface area contributed by atoms with Gasteiger partial charge in [-0.05, 0) is 13.8 Å². The van der Waals surface area contributed by atoms with Crippen LogP contribution in [0.5, 0.6) is 0 Å². The molecule has 6 heteroatoms. The van der Waals surface area contributed by atoms with E-state index in [1.807, 2.05) is 6.92 Å². The highest BCUT2D eigenvalue weighted by Crippen LogP contribution is 2.05. The molecule has 3 amide bonds. The molecule has 0 aliphatic rings. The Morgan fingerprint density at radius 3 is 2.33 bits per heavy atom. The Hall–Kier alpha value is -1.46. The molecule has 0 saturated carbocycles. The molecule has 1 N–H and O–H groups in total. The summed E-state index contributed by atoms with van der Waals surface area (Å²) >= 11 is 0. The van der Waals surface area contributed by atoms with Crippen molar-refractivity contribution >= 4 is 12.1 Å². The molecular formula is C9H19N3O3. The topological polar surface area (TPSA) is 61.9 Å². The fourth-order valence-corrected chi connectivity index (χ4v) is 1.22. The number of hydrogen-bond donors (Lipinski definition) is 1. The van der Waals surface area contributed by atoms with Crippen LogP contribution in [0.1, 0.15) is 13.8 Å². The van der Waals surface area contributed by atoms with Gasteiger partial charge in [-0.1, -0.05) is 0 Å². The van der Waals surface area contributed by atoms with Gasteiger partial charge in [0.25, 0.3) is 0 Å². The van der Waals surface area contributed by atoms with Crippen LogP contribution in [0.15, 0.2) is 0 Å². The third kappa shape index (κ3) is 3.30. The van der Waals surface area contributed by atoms with E-state index >= 15 is 0 Å². The van der Waals surface area contributed by atoms with Crippen LogP contribution in [-0.2, 0) is 4.74 Å². The smallest absolute Gasteiger partial charge is 0.411 e. The second kappa shape index (κ2) is 6.10. The maximum atomic E-state index is 11.3. The lowest BCUT2D eigenvalue weighted by Gasteiger charge is -2.33. The molecule has 0 radical (unpaired) electrons. The van der Waals surface area contributed by atoms with Crippen LogP contribution in [0.4, 0.5) is 9.59 Å². The number of hydrogen-bond acceptors (Lipinski definition) is 3. The van der Waals surface area contributed by atoms with Crippen molar-refractivity contribution in [2.24, 2.45) is 0 Å². The number of nitrogens with one attached hydrogen (secondary N) is 1. The van der Waals surface area contributed by atoms with E-state index in [4.69, 9.17) is 0 Å². The molecule has 0 aliphatic carbocycles. The summed E-state index contributed by atoms with van der Waals surface area (Å²) in [5.74, 6) is 0. The molecule has 88 valence electrons. The zero-order valence-electron chi connectivity index (χ0n) is 9.90. The number of rotatable bonds is 3. The van der Waals surface area contributed by atoms with Crippen LogP contribution in [0.25, 0.3) is 0 Å². The maximum absolute atomic E-state index is 11.3. The van der Waals surface area contributed by atoms with Gasteiger partial charge in [0.05, 0.1) is 7.11 Å². The van der Waals surface area contributed by atoms with Gasteiger partial charge in [-0.25, -0.2) is 9.59 Å². The SMILES string of the molecule is CCN(C(=O)OC)C(C)N(C)C(=O)NC. The van der Waals surface area contributed by atoms with Crippen molar-refractivity contribution in [3.8, 4) is 0 Å². The predicted molar refractivity (Wildman–Crippen MR) is 56.5 cm³/mol. The molecule has 0 aromatic heterocycles. The molecule has 15 heavy (non-hydrogen) atoms. The largest absolute Gasteiger partial charge is 0.453 e. The molecule has 0 fully saturated rings. The predicted octanol–water partition coefficient (Wildman–Crippen LogP) is 0.692.